The number of hydrogen-bond donors (Lipinski definition) is 1. The Hall–Kier alpha value is -1.09. The van der Waals surface area contributed by atoms with E-state index in [4.69, 9.17) is 5.73 Å². The maximum Gasteiger partial charge on any atom is 0.462 e. The van der Waals surface area contributed by atoms with E-state index in [1.54, 1.807) is 12.2 Å². The Bertz CT molecular complexity index is 133. The van der Waals surface area contributed by atoms with Gasteiger partial charge in [0.15, 0.2) is 13.1 Å². The lowest BCUT2D eigenvalue weighted by molar-refractivity contribution is 0.236. The highest BCUT2D eigenvalue weighted by Crippen LogP contribution is 1.82. The van der Waals surface area contributed by atoms with Crippen LogP contribution in [-0.4, -0.2) is 19.1 Å². The summed E-state index contributed by atoms with van der Waals surface area (Å²) in [6.45, 7) is 7.91. The molecule has 3 heteroatoms. The zero-order valence-electron chi connectivity index (χ0n) is 5.92. The van der Waals surface area contributed by atoms with Crippen LogP contribution in [0, 0.1) is 0 Å². The molecule has 3 nitrogen and oxygen atoms in total. The van der Waals surface area contributed by atoms with Gasteiger partial charge in [0.05, 0.1) is 0 Å². The van der Waals surface area contributed by atoms with Crippen LogP contribution in [0.3, 0.4) is 0 Å². The van der Waals surface area contributed by atoms with E-state index >= 15 is 0 Å². The number of amides is 2. The highest BCUT2D eigenvalue weighted by molar-refractivity contribution is 5.75. The molecule has 0 heterocycles. The third kappa shape index (κ3) is 3.04. The minimum atomic E-state index is -0.445. The highest BCUT2D eigenvalue weighted by Gasteiger charge is 2.17. The van der Waals surface area contributed by atoms with Crippen LogP contribution in [0.25, 0.3) is 0 Å². The third-order valence-electron chi connectivity index (χ3n) is 1.01. The zero-order valence-corrected chi connectivity index (χ0v) is 5.92. The Balaban J connectivity index is 3.83. The molecule has 0 unspecified atom stereocenters. The van der Waals surface area contributed by atoms with Crippen LogP contribution in [0.2, 0.25) is 0 Å². The van der Waals surface area contributed by atoms with Gasteiger partial charge in [0.1, 0.15) is 0 Å². The van der Waals surface area contributed by atoms with Crippen molar-refractivity contribution in [2.24, 2.45) is 5.73 Å². The molecule has 1 radical (unpaired) electrons. The first-order valence-electron chi connectivity index (χ1n) is 2.98. The molecule has 2 amide bonds. The summed E-state index contributed by atoms with van der Waals surface area (Å²) in [5.41, 5.74) is 5.00. The molecule has 0 aromatic heterocycles. The lowest BCUT2D eigenvalue weighted by Crippen LogP contribution is -2.41. The summed E-state index contributed by atoms with van der Waals surface area (Å²) < 4.78 is 0. The number of nitrogens with two attached hydrogens (primary N) is 1. The average molecular weight is 140 g/mol. The second-order valence-electron chi connectivity index (χ2n) is 1.82. The van der Waals surface area contributed by atoms with Crippen molar-refractivity contribution in [3.05, 3.63) is 25.3 Å². The number of carbonyl (C=O) groups is 1. The van der Waals surface area contributed by atoms with Crippen molar-refractivity contribution in [3.63, 3.8) is 0 Å². The molecule has 0 rings (SSSR count). The van der Waals surface area contributed by atoms with Crippen molar-refractivity contribution < 1.29 is 4.79 Å². The first kappa shape index (κ1) is 8.91. The van der Waals surface area contributed by atoms with Crippen LogP contribution in [0.1, 0.15) is 0 Å². The maximum atomic E-state index is 10.5. The lowest BCUT2D eigenvalue weighted by atomic mass is 10.5. The molecular formula is C7H12N2O+. The van der Waals surface area contributed by atoms with Gasteiger partial charge >= 0.3 is 6.03 Å². The number of nitrogens with zero attached hydrogens (tertiary/aromatic N) is 1. The largest absolute Gasteiger partial charge is 0.462 e. The molecule has 0 saturated heterocycles. The van der Waals surface area contributed by atoms with Gasteiger partial charge in [-0.2, -0.15) is 0 Å². The molecular weight excluding hydrogens is 128 g/mol. The van der Waals surface area contributed by atoms with E-state index in [9.17, 15) is 4.79 Å². The minimum absolute atomic E-state index is 0.445. The van der Waals surface area contributed by atoms with Gasteiger partial charge in [0.25, 0.3) is 0 Å². The molecule has 0 saturated carbocycles. The van der Waals surface area contributed by atoms with E-state index in [1.807, 2.05) is 0 Å². The van der Waals surface area contributed by atoms with E-state index in [1.165, 1.54) is 4.90 Å². The van der Waals surface area contributed by atoms with Crippen molar-refractivity contribution in [3.8, 4) is 0 Å². The van der Waals surface area contributed by atoms with Crippen LogP contribution in [0.15, 0.2) is 25.3 Å². The van der Waals surface area contributed by atoms with Gasteiger partial charge in [-0.05, 0) is 12.2 Å². The maximum absolute atomic E-state index is 10.5. The molecule has 0 bridgehead atoms. The number of carbonyl (C=O) groups excluding carboxylic acids is 1. The zero-order chi connectivity index (χ0) is 7.98. The van der Waals surface area contributed by atoms with Crippen molar-refractivity contribution in [1.29, 1.82) is 0 Å². The Kier molecular flexibility index (Phi) is 4.24. The monoisotopic (exact) mass is 140 g/mol. The van der Waals surface area contributed by atoms with Crippen LogP contribution >= 0.6 is 0 Å². The Morgan fingerprint density at radius 3 is 2.00 bits per heavy atom. The fraction of sp³-hybridized carbons (Fsp3) is 0.286. The van der Waals surface area contributed by atoms with Crippen molar-refractivity contribution in [2.45, 2.75) is 0 Å². The summed E-state index contributed by atoms with van der Waals surface area (Å²) in [6.07, 6.45) is 3.24. The van der Waals surface area contributed by atoms with Crippen LogP contribution in [0.4, 0.5) is 4.79 Å². The molecule has 10 heavy (non-hydrogen) atoms. The third-order valence-corrected chi connectivity index (χ3v) is 1.01. The Labute approximate surface area is 60.8 Å². The summed E-state index contributed by atoms with van der Waals surface area (Å²) >= 11 is 0. The smallest absolute Gasteiger partial charge is 0.315 e. The van der Waals surface area contributed by atoms with E-state index in [2.05, 4.69) is 13.2 Å². The quantitative estimate of drug-likeness (QED) is 0.450. The van der Waals surface area contributed by atoms with Gasteiger partial charge in [-0.3, -0.25) is 0 Å². The van der Waals surface area contributed by atoms with Gasteiger partial charge < -0.3 is 5.73 Å². The van der Waals surface area contributed by atoms with Crippen LogP contribution in [0.5, 0.6) is 0 Å². The van der Waals surface area contributed by atoms with Gasteiger partial charge in [-0.15, -0.1) is 0 Å². The van der Waals surface area contributed by atoms with Gasteiger partial charge in [-0.25, -0.2) is 4.79 Å². The number of primary amides is 1. The first-order chi connectivity index (χ1) is 4.72. The number of rotatable bonds is 4. The Morgan fingerprint density at radius 2 is 1.80 bits per heavy atom. The second kappa shape index (κ2) is 4.76. The SMILES string of the molecule is C=CC[N+](CC=C)C(N)=O. The summed E-state index contributed by atoms with van der Waals surface area (Å²) in [5.74, 6) is 0. The molecule has 0 aromatic rings. The summed E-state index contributed by atoms with van der Waals surface area (Å²) in [4.78, 5) is 12.0. The highest BCUT2D eigenvalue weighted by atomic mass is 16.2. The summed E-state index contributed by atoms with van der Waals surface area (Å²) in [6, 6.07) is -0.445. The van der Waals surface area contributed by atoms with E-state index in [0.717, 1.165) is 0 Å². The molecule has 0 aliphatic heterocycles. The van der Waals surface area contributed by atoms with Crippen molar-refractivity contribution in [2.75, 3.05) is 13.1 Å². The molecule has 0 atom stereocenters. The normalized spacial score (nSPS) is 9.30. The Morgan fingerprint density at radius 1 is 1.40 bits per heavy atom. The van der Waals surface area contributed by atoms with E-state index in [-0.39, 0.29) is 0 Å². The van der Waals surface area contributed by atoms with Crippen LogP contribution in [-0.2, 0) is 0 Å². The molecule has 0 spiro atoms. The van der Waals surface area contributed by atoms with Crippen molar-refractivity contribution >= 4 is 6.03 Å². The fourth-order valence-corrected chi connectivity index (χ4v) is 0.566. The fourth-order valence-electron chi connectivity index (χ4n) is 0.566. The van der Waals surface area contributed by atoms with Crippen molar-refractivity contribution in [1.82, 2.24) is 4.90 Å². The molecule has 0 aliphatic carbocycles. The molecule has 2 N–H and O–H groups in total. The average Bonchev–Trinajstić information content (AvgIpc) is 1.87. The van der Waals surface area contributed by atoms with Crippen LogP contribution < -0.4 is 10.6 Å². The molecule has 0 fully saturated rings. The molecule has 55 valence electrons. The summed E-state index contributed by atoms with van der Waals surface area (Å²) in [5, 5.41) is 0. The predicted octanol–water partition coefficient (Wildman–Crippen LogP) is 0.577. The first-order valence-corrected chi connectivity index (χ1v) is 2.98. The lowest BCUT2D eigenvalue weighted by Gasteiger charge is -1.99. The number of urea groups is 1. The molecule has 0 aliphatic rings. The number of hydrogen-bond acceptors (Lipinski definition) is 1. The van der Waals surface area contributed by atoms with E-state index < -0.39 is 6.03 Å². The van der Waals surface area contributed by atoms with E-state index in [0.29, 0.717) is 13.1 Å². The molecule has 0 aromatic carbocycles. The van der Waals surface area contributed by atoms with Gasteiger partial charge in [0.2, 0.25) is 0 Å². The van der Waals surface area contributed by atoms with Gasteiger partial charge in [0, 0.05) is 0 Å². The van der Waals surface area contributed by atoms with Gasteiger partial charge in [-0.1, -0.05) is 18.1 Å². The summed E-state index contributed by atoms with van der Waals surface area (Å²) in [7, 11) is 0. The minimum Gasteiger partial charge on any atom is -0.315 e. The topological polar surface area (TPSA) is 49.0 Å². The standard InChI is InChI=1S/C7H12N2O/c1-3-5-9(6-4-2)7(8)10/h3-4H,1-2,5-6H2,(H2,8,10)/q+1. The predicted molar refractivity (Wildman–Crippen MR) is 41.8 cm³/mol. The second-order valence-corrected chi connectivity index (χ2v) is 1.82.